The fourth-order valence-corrected chi connectivity index (χ4v) is 1.54. The van der Waals surface area contributed by atoms with Crippen LogP contribution in [-0.4, -0.2) is 11.6 Å². The van der Waals surface area contributed by atoms with Gasteiger partial charge in [0.05, 0.1) is 6.20 Å². The van der Waals surface area contributed by atoms with E-state index in [0.29, 0.717) is 11.1 Å². The molecule has 0 spiro atoms. The van der Waals surface area contributed by atoms with Gasteiger partial charge in [-0.05, 0) is 41.8 Å². The molecule has 2 rings (SSSR count). The lowest BCUT2D eigenvalue weighted by atomic mass is 10.1. The molecule has 1 heterocycles. The Morgan fingerprint density at radius 1 is 1.16 bits per heavy atom. The van der Waals surface area contributed by atoms with Crippen molar-refractivity contribution in [1.29, 1.82) is 0 Å². The fraction of sp³-hybridized carbons (Fsp3) is 0.154. The summed E-state index contributed by atoms with van der Waals surface area (Å²) < 4.78 is 54.0. The molecule has 2 nitrogen and oxygen atoms in total. The van der Waals surface area contributed by atoms with Gasteiger partial charge in [0.25, 0.3) is 0 Å². The molecule has 19 heavy (non-hydrogen) atoms. The molecule has 0 saturated heterocycles. The number of pyridine rings is 1. The number of alkyl halides is 2. The highest BCUT2D eigenvalue weighted by Crippen LogP contribution is 2.17. The number of hydrogen-bond donors (Lipinski definition) is 0. The molecule has 0 aliphatic heterocycles. The molecule has 1 aromatic heterocycles. The summed E-state index contributed by atoms with van der Waals surface area (Å²) in [5.41, 5.74) is 0.912. The average Bonchev–Trinajstić information content (AvgIpc) is 2.33. The van der Waals surface area contributed by atoms with Gasteiger partial charge in [-0.1, -0.05) is 0 Å². The van der Waals surface area contributed by atoms with Gasteiger partial charge >= 0.3 is 6.61 Å². The molecule has 0 amide bonds. The molecule has 6 heteroatoms. The minimum Gasteiger partial charge on any atom is -0.433 e. The Balaban J connectivity index is 2.16. The van der Waals surface area contributed by atoms with Crippen molar-refractivity contribution < 1.29 is 22.3 Å². The van der Waals surface area contributed by atoms with E-state index in [1.54, 1.807) is 0 Å². The summed E-state index contributed by atoms with van der Waals surface area (Å²) in [5.74, 6) is -2.06. The van der Waals surface area contributed by atoms with Crippen LogP contribution in [0.1, 0.15) is 11.1 Å². The zero-order valence-electron chi connectivity index (χ0n) is 9.54. The number of nitrogens with zero attached hydrogens (tertiary/aromatic N) is 1. The van der Waals surface area contributed by atoms with Crippen molar-refractivity contribution in [3.63, 3.8) is 0 Å². The van der Waals surface area contributed by atoms with E-state index >= 15 is 0 Å². The molecule has 0 aliphatic carbocycles. The highest BCUT2D eigenvalue weighted by atomic mass is 19.3. The Hall–Kier alpha value is -2.11. The molecule has 0 N–H and O–H groups in total. The molecule has 0 bridgehead atoms. The number of halogens is 4. The monoisotopic (exact) mass is 270 g/mol. The van der Waals surface area contributed by atoms with Crippen molar-refractivity contribution in [2.75, 3.05) is 0 Å². The quantitative estimate of drug-likeness (QED) is 0.795. The molecule has 0 saturated carbocycles. The normalized spacial score (nSPS) is 10.8. The van der Waals surface area contributed by atoms with Gasteiger partial charge in [0.2, 0.25) is 0 Å². The first-order valence-electron chi connectivity index (χ1n) is 5.29. The molecule has 0 fully saturated rings. The summed E-state index contributed by atoms with van der Waals surface area (Å²) in [5, 5.41) is 0. The Morgan fingerprint density at radius 2 is 1.95 bits per heavy atom. The van der Waals surface area contributed by atoms with Crippen LogP contribution in [-0.2, 0) is 6.42 Å². The van der Waals surface area contributed by atoms with Gasteiger partial charge in [-0.25, -0.2) is 8.78 Å². The maximum Gasteiger partial charge on any atom is 0.387 e. The van der Waals surface area contributed by atoms with Crippen molar-refractivity contribution in [3.8, 4) is 5.75 Å². The van der Waals surface area contributed by atoms with E-state index in [9.17, 15) is 17.6 Å². The molecular weight excluding hydrogens is 262 g/mol. The van der Waals surface area contributed by atoms with Gasteiger partial charge in [0.15, 0.2) is 11.6 Å². The van der Waals surface area contributed by atoms with Crippen LogP contribution in [0.15, 0.2) is 30.6 Å². The van der Waals surface area contributed by atoms with Crippen molar-refractivity contribution in [3.05, 3.63) is 59.4 Å². The van der Waals surface area contributed by atoms with Crippen LogP contribution < -0.4 is 4.74 Å². The third-order valence-corrected chi connectivity index (χ3v) is 2.30. The predicted octanol–water partition coefficient (Wildman–Crippen LogP) is 3.35. The van der Waals surface area contributed by atoms with Crippen LogP contribution >= 0.6 is 0 Å². The zero-order valence-corrected chi connectivity index (χ0v) is 9.54. The summed E-state index contributed by atoms with van der Waals surface area (Å²) in [7, 11) is 0. The zero-order chi connectivity index (χ0) is 13.8. The van der Waals surface area contributed by atoms with E-state index in [4.69, 9.17) is 0 Å². The lowest BCUT2D eigenvalue weighted by Crippen LogP contribution is -2.03. The SMILES string of the molecule is Fc1c[c]c(Cc2cncc(OC(F)F)c2)cc1F. The Labute approximate surface area is 106 Å². The van der Waals surface area contributed by atoms with E-state index in [1.165, 1.54) is 12.3 Å². The van der Waals surface area contributed by atoms with Crippen LogP contribution in [0, 0.1) is 17.7 Å². The number of aromatic nitrogens is 1. The predicted molar refractivity (Wildman–Crippen MR) is 58.9 cm³/mol. The van der Waals surface area contributed by atoms with Gasteiger partial charge in [-0.2, -0.15) is 8.78 Å². The average molecular weight is 270 g/mol. The maximum atomic E-state index is 13.0. The van der Waals surface area contributed by atoms with E-state index in [-0.39, 0.29) is 12.2 Å². The third kappa shape index (κ3) is 3.67. The van der Waals surface area contributed by atoms with Crippen LogP contribution in [0.4, 0.5) is 17.6 Å². The number of rotatable bonds is 4. The molecule has 0 atom stereocenters. The van der Waals surface area contributed by atoms with Gasteiger partial charge in [-0.3, -0.25) is 4.98 Å². The van der Waals surface area contributed by atoms with Crippen LogP contribution in [0.25, 0.3) is 0 Å². The number of ether oxygens (including phenoxy) is 1. The van der Waals surface area contributed by atoms with Crippen LogP contribution in [0.5, 0.6) is 5.75 Å². The summed E-state index contributed by atoms with van der Waals surface area (Å²) in [4.78, 5) is 3.73. The summed E-state index contributed by atoms with van der Waals surface area (Å²) >= 11 is 0. The number of benzene rings is 1. The topological polar surface area (TPSA) is 22.1 Å². The van der Waals surface area contributed by atoms with E-state index in [2.05, 4.69) is 15.8 Å². The van der Waals surface area contributed by atoms with Gasteiger partial charge < -0.3 is 4.74 Å². The van der Waals surface area contributed by atoms with Gasteiger partial charge in [0, 0.05) is 6.20 Å². The lowest BCUT2D eigenvalue weighted by molar-refractivity contribution is -0.0501. The van der Waals surface area contributed by atoms with Crippen molar-refractivity contribution in [2.45, 2.75) is 13.0 Å². The third-order valence-electron chi connectivity index (χ3n) is 2.30. The first-order valence-corrected chi connectivity index (χ1v) is 5.29. The highest BCUT2D eigenvalue weighted by molar-refractivity contribution is 5.29. The van der Waals surface area contributed by atoms with Crippen LogP contribution in [0.3, 0.4) is 0 Å². The largest absolute Gasteiger partial charge is 0.433 e. The van der Waals surface area contributed by atoms with Gasteiger partial charge in [-0.15, -0.1) is 0 Å². The minimum atomic E-state index is -2.94. The summed E-state index contributed by atoms with van der Waals surface area (Å²) in [6.07, 6.45) is 2.75. The molecule has 2 aromatic rings. The standard InChI is InChI=1S/C13H8F4NO/c14-11-2-1-8(5-12(11)15)3-9-4-10(7-18-6-9)19-13(16)17/h2,4-7,13H,3H2. The van der Waals surface area contributed by atoms with Crippen molar-refractivity contribution in [1.82, 2.24) is 4.98 Å². The smallest absolute Gasteiger partial charge is 0.387 e. The number of hydrogen-bond acceptors (Lipinski definition) is 2. The van der Waals surface area contributed by atoms with Crippen molar-refractivity contribution >= 4 is 0 Å². The van der Waals surface area contributed by atoms with Crippen molar-refractivity contribution in [2.24, 2.45) is 0 Å². The first-order chi connectivity index (χ1) is 9.04. The molecule has 0 unspecified atom stereocenters. The fourth-order valence-electron chi connectivity index (χ4n) is 1.54. The lowest BCUT2D eigenvalue weighted by Gasteiger charge is -2.06. The Kier molecular flexibility index (Phi) is 3.99. The van der Waals surface area contributed by atoms with Gasteiger partial charge in [0.1, 0.15) is 5.75 Å². The molecule has 0 aliphatic rings. The van der Waals surface area contributed by atoms with E-state index < -0.39 is 18.2 Å². The minimum absolute atomic E-state index is 0.0879. The molecule has 1 radical (unpaired) electrons. The van der Waals surface area contributed by atoms with E-state index in [1.807, 2.05) is 0 Å². The Morgan fingerprint density at radius 3 is 2.63 bits per heavy atom. The summed E-state index contributed by atoms with van der Waals surface area (Å²) in [6, 6.07) is 5.79. The Bertz CT molecular complexity index is 574. The summed E-state index contributed by atoms with van der Waals surface area (Å²) in [6.45, 7) is -2.94. The van der Waals surface area contributed by atoms with Crippen LogP contribution in [0.2, 0.25) is 0 Å². The molecule has 99 valence electrons. The second-order valence-electron chi connectivity index (χ2n) is 3.74. The molecular formula is C13H8F4NO. The highest BCUT2D eigenvalue weighted by Gasteiger charge is 2.07. The van der Waals surface area contributed by atoms with E-state index in [0.717, 1.165) is 18.3 Å². The maximum absolute atomic E-state index is 13.0. The first kappa shape index (κ1) is 13.3. The second kappa shape index (κ2) is 5.69. The second-order valence-corrected chi connectivity index (χ2v) is 3.74. The molecule has 1 aromatic carbocycles.